The lowest BCUT2D eigenvalue weighted by Crippen LogP contribution is -2.48. The van der Waals surface area contributed by atoms with Gasteiger partial charge in [-0.15, -0.1) is 5.10 Å². The van der Waals surface area contributed by atoms with Crippen molar-refractivity contribution in [1.29, 1.82) is 0 Å². The summed E-state index contributed by atoms with van der Waals surface area (Å²) < 4.78 is 38.8. The second kappa shape index (κ2) is 11.7. The number of hydrogen-bond donors (Lipinski definition) is 0. The van der Waals surface area contributed by atoms with Crippen LogP contribution in [-0.2, 0) is 32.6 Å². The fraction of sp³-hybridized carbons (Fsp3) is 0.481. The normalized spacial score (nSPS) is 17.7. The van der Waals surface area contributed by atoms with Crippen LogP contribution in [0, 0.1) is 13.8 Å². The van der Waals surface area contributed by atoms with Crippen LogP contribution in [0.3, 0.4) is 0 Å². The van der Waals surface area contributed by atoms with Crippen LogP contribution in [0.15, 0.2) is 46.4 Å². The molecule has 0 radical (unpaired) electrons. The van der Waals surface area contributed by atoms with E-state index in [-0.39, 0.29) is 17.5 Å². The van der Waals surface area contributed by atoms with Gasteiger partial charge in [-0.3, -0.25) is 9.69 Å². The molecule has 1 saturated heterocycles. The topological polar surface area (TPSA) is 95.0 Å². The lowest BCUT2D eigenvalue weighted by atomic mass is 10.1. The number of rotatable bonds is 10. The van der Waals surface area contributed by atoms with Crippen molar-refractivity contribution in [3.8, 4) is 5.75 Å². The first kappa shape index (κ1) is 27.9. The molecule has 0 aromatic heterocycles. The Morgan fingerprint density at radius 2 is 1.76 bits per heavy atom. The molecule has 2 aromatic rings. The molecule has 2 aromatic carbocycles. The number of benzene rings is 2. The van der Waals surface area contributed by atoms with E-state index in [9.17, 15) is 13.2 Å². The Bertz CT molecular complexity index is 1270. The van der Waals surface area contributed by atoms with E-state index in [1.54, 1.807) is 45.0 Å². The van der Waals surface area contributed by atoms with Crippen LogP contribution >= 0.6 is 0 Å². The largest absolute Gasteiger partial charge is 0.497 e. The SMILES string of the molecule is COc1cc(C)c(S(=O)(=O)N(C)CN2N=COC2C(=O)N(C)Cc2cccc(CN3CCCC3)c2)c(C)c1. The summed E-state index contributed by atoms with van der Waals surface area (Å²) in [4.78, 5) is 17.5. The molecule has 0 spiro atoms. The number of carbonyl (C=O) groups is 1. The van der Waals surface area contributed by atoms with E-state index >= 15 is 0 Å². The first-order valence-corrected chi connectivity index (χ1v) is 14.2. The standard InChI is InChI=1S/C27H37N5O5S/c1-20-13-24(36-5)14-21(2)25(20)38(34,35)30(4)19-32-27(37-18-28-32)26(33)29(3)16-22-9-8-10-23(15-22)17-31-11-6-7-12-31/h8-10,13-15,18,27H,6-7,11-12,16-17,19H2,1-5H3. The van der Waals surface area contributed by atoms with Crippen LogP contribution in [0.25, 0.3) is 0 Å². The number of sulfonamides is 1. The number of amides is 1. The summed E-state index contributed by atoms with van der Waals surface area (Å²) in [6, 6.07) is 11.6. The van der Waals surface area contributed by atoms with Crippen molar-refractivity contribution in [2.45, 2.75) is 50.9 Å². The molecular formula is C27H37N5O5S. The molecule has 1 atom stereocenters. The number of methoxy groups -OCH3 is 1. The summed E-state index contributed by atoms with van der Waals surface area (Å²) in [6.07, 6.45) is 2.61. The van der Waals surface area contributed by atoms with Gasteiger partial charge in [0.05, 0.1) is 12.0 Å². The Labute approximate surface area is 225 Å². The van der Waals surface area contributed by atoms with Crippen molar-refractivity contribution in [3.63, 3.8) is 0 Å². The highest BCUT2D eigenvalue weighted by atomic mass is 32.2. The predicted octanol–water partition coefficient (Wildman–Crippen LogP) is 2.75. The van der Waals surface area contributed by atoms with Crippen LogP contribution in [0.1, 0.15) is 35.1 Å². The van der Waals surface area contributed by atoms with E-state index in [0.29, 0.717) is 23.4 Å². The third-order valence-corrected chi connectivity index (χ3v) is 9.04. The number of carbonyl (C=O) groups excluding carboxylic acids is 1. The predicted molar refractivity (Wildman–Crippen MR) is 145 cm³/mol. The van der Waals surface area contributed by atoms with E-state index in [2.05, 4.69) is 22.1 Å². The Kier molecular flexibility index (Phi) is 8.59. The highest BCUT2D eigenvalue weighted by molar-refractivity contribution is 7.89. The molecule has 2 aliphatic heterocycles. The second-order valence-electron chi connectivity index (χ2n) is 9.98. The zero-order valence-corrected chi connectivity index (χ0v) is 23.6. The molecule has 1 unspecified atom stereocenters. The molecule has 0 aliphatic carbocycles. The molecule has 10 nitrogen and oxygen atoms in total. The highest BCUT2D eigenvalue weighted by Crippen LogP contribution is 2.28. The van der Waals surface area contributed by atoms with Crippen LogP contribution in [0.5, 0.6) is 5.75 Å². The first-order chi connectivity index (χ1) is 18.1. The van der Waals surface area contributed by atoms with Crippen LogP contribution < -0.4 is 4.74 Å². The average molecular weight is 544 g/mol. The van der Waals surface area contributed by atoms with Crippen LogP contribution in [-0.4, -0.2) is 87.0 Å². The minimum Gasteiger partial charge on any atom is -0.497 e. The third-order valence-electron chi connectivity index (χ3n) is 6.94. The molecule has 11 heteroatoms. The molecule has 206 valence electrons. The lowest BCUT2D eigenvalue weighted by Gasteiger charge is -2.29. The molecule has 0 saturated carbocycles. The molecule has 2 heterocycles. The van der Waals surface area contributed by atoms with Gasteiger partial charge in [0.15, 0.2) is 6.40 Å². The lowest BCUT2D eigenvalue weighted by molar-refractivity contribution is -0.146. The van der Waals surface area contributed by atoms with Crippen molar-refractivity contribution >= 4 is 22.3 Å². The van der Waals surface area contributed by atoms with Crippen molar-refractivity contribution in [1.82, 2.24) is 19.1 Å². The van der Waals surface area contributed by atoms with Crippen molar-refractivity contribution in [3.05, 3.63) is 58.7 Å². The average Bonchev–Trinajstić information content (AvgIpc) is 3.55. The second-order valence-corrected chi connectivity index (χ2v) is 12.0. The van der Waals surface area contributed by atoms with E-state index in [1.165, 1.54) is 41.2 Å². The summed E-state index contributed by atoms with van der Waals surface area (Å²) in [5.41, 5.74) is 3.40. The molecular weight excluding hydrogens is 506 g/mol. The Hall–Kier alpha value is -3.15. The number of likely N-dealkylation sites (tertiary alicyclic amines) is 1. The van der Waals surface area contributed by atoms with Gasteiger partial charge in [-0.05, 0) is 74.2 Å². The van der Waals surface area contributed by atoms with Crippen LogP contribution in [0.2, 0.25) is 0 Å². The maximum Gasteiger partial charge on any atom is 0.286 e. The molecule has 38 heavy (non-hydrogen) atoms. The van der Waals surface area contributed by atoms with Gasteiger partial charge in [0.25, 0.3) is 12.1 Å². The fourth-order valence-electron chi connectivity index (χ4n) is 5.01. The van der Waals surface area contributed by atoms with Crippen molar-refractivity contribution in [2.24, 2.45) is 5.10 Å². The quantitative estimate of drug-likeness (QED) is 0.455. The maximum absolute atomic E-state index is 13.4. The van der Waals surface area contributed by atoms with E-state index in [1.807, 2.05) is 12.1 Å². The van der Waals surface area contributed by atoms with Gasteiger partial charge in [-0.25, -0.2) is 13.4 Å². The zero-order valence-electron chi connectivity index (χ0n) is 22.8. The van der Waals surface area contributed by atoms with E-state index in [0.717, 1.165) is 25.2 Å². The Morgan fingerprint density at radius 3 is 2.42 bits per heavy atom. The van der Waals surface area contributed by atoms with Gasteiger partial charge in [-0.1, -0.05) is 24.3 Å². The summed E-state index contributed by atoms with van der Waals surface area (Å²) in [7, 11) is 0.843. The number of nitrogens with zero attached hydrogens (tertiary/aromatic N) is 5. The molecule has 2 aliphatic rings. The molecule has 1 fully saturated rings. The van der Waals surface area contributed by atoms with Gasteiger partial charge in [0.1, 0.15) is 12.4 Å². The number of ether oxygens (including phenoxy) is 2. The number of hydrazone groups is 1. The highest BCUT2D eigenvalue weighted by Gasteiger charge is 2.36. The number of aryl methyl sites for hydroxylation is 2. The zero-order chi connectivity index (χ0) is 27.4. The summed E-state index contributed by atoms with van der Waals surface area (Å²) in [6.45, 7) is 6.87. The maximum atomic E-state index is 13.4. The molecule has 0 N–H and O–H groups in total. The minimum absolute atomic E-state index is 0.153. The van der Waals surface area contributed by atoms with Gasteiger partial charge in [0.2, 0.25) is 10.0 Å². The summed E-state index contributed by atoms with van der Waals surface area (Å²) in [5.74, 6) is 0.282. The van der Waals surface area contributed by atoms with Crippen LogP contribution in [0.4, 0.5) is 0 Å². The minimum atomic E-state index is -3.87. The molecule has 0 bridgehead atoms. The van der Waals surface area contributed by atoms with Gasteiger partial charge >= 0.3 is 0 Å². The third kappa shape index (κ3) is 6.11. The smallest absolute Gasteiger partial charge is 0.286 e. The number of hydrogen-bond acceptors (Lipinski definition) is 8. The van der Waals surface area contributed by atoms with Gasteiger partial charge in [0, 0.05) is 27.2 Å². The monoisotopic (exact) mass is 543 g/mol. The fourth-order valence-corrected chi connectivity index (χ4v) is 6.52. The number of likely N-dealkylation sites (N-methyl/N-ethyl adjacent to an activating group) is 1. The Balaban J connectivity index is 1.41. The van der Waals surface area contributed by atoms with Gasteiger partial charge < -0.3 is 14.4 Å². The van der Waals surface area contributed by atoms with E-state index < -0.39 is 16.3 Å². The molecule has 4 rings (SSSR count). The molecule has 1 amide bonds. The van der Waals surface area contributed by atoms with Crippen molar-refractivity contribution in [2.75, 3.05) is 41.0 Å². The Morgan fingerprint density at radius 1 is 1.11 bits per heavy atom. The first-order valence-electron chi connectivity index (χ1n) is 12.7. The summed E-state index contributed by atoms with van der Waals surface area (Å²) >= 11 is 0. The van der Waals surface area contributed by atoms with E-state index in [4.69, 9.17) is 9.47 Å². The van der Waals surface area contributed by atoms with Crippen molar-refractivity contribution < 1.29 is 22.7 Å². The van der Waals surface area contributed by atoms with Gasteiger partial charge in [-0.2, -0.15) is 4.31 Å². The summed E-state index contributed by atoms with van der Waals surface area (Å²) in [5, 5.41) is 5.47.